The quantitative estimate of drug-likeness (QED) is 0.868. The molecule has 0 aliphatic carbocycles. The van der Waals surface area contributed by atoms with Crippen molar-refractivity contribution < 1.29 is 5.11 Å². The summed E-state index contributed by atoms with van der Waals surface area (Å²) in [5.74, 6) is 0. The Balaban J connectivity index is 2.42. The first-order valence-corrected chi connectivity index (χ1v) is 5.93. The van der Waals surface area contributed by atoms with Crippen LogP contribution in [0.25, 0.3) is 4.96 Å². The van der Waals surface area contributed by atoms with Crippen molar-refractivity contribution in [3.63, 3.8) is 0 Å². The summed E-state index contributed by atoms with van der Waals surface area (Å²) in [6, 6.07) is 0. The van der Waals surface area contributed by atoms with Gasteiger partial charge in [0, 0.05) is 23.9 Å². The second-order valence-corrected chi connectivity index (χ2v) is 5.57. The number of rotatable bonds is 3. The van der Waals surface area contributed by atoms with Crippen LogP contribution in [-0.2, 0) is 6.42 Å². The van der Waals surface area contributed by atoms with Crippen molar-refractivity contribution in [1.82, 2.24) is 9.38 Å². The summed E-state index contributed by atoms with van der Waals surface area (Å²) in [7, 11) is 0. The number of aliphatic hydroxyl groups excluding tert-OH is 1. The van der Waals surface area contributed by atoms with Gasteiger partial charge in [0.15, 0.2) is 4.96 Å². The van der Waals surface area contributed by atoms with Crippen LogP contribution in [0.15, 0.2) is 11.6 Å². The Labute approximate surface area is 93.4 Å². The first-order valence-electron chi connectivity index (χ1n) is 5.05. The number of nitrogens with zero attached hydrogens (tertiary/aromatic N) is 2. The smallest absolute Gasteiger partial charge is 0.194 e. The minimum absolute atomic E-state index is 0.0807. The SMILES string of the molecule is Cc1nc2sccn2c1CC(C)(C)CO. The van der Waals surface area contributed by atoms with Gasteiger partial charge in [0.1, 0.15) is 0 Å². The molecule has 0 amide bonds. The van der Waals surface area contributed by atoms with Gasteiger partial charge in [0.25, 0.3) is 0 Å². The molecule has 1 N–H and O–H groups in total. The first-order chi connectivity index (χ1) is 7.03. The Bertz CT molecular complexity index is 470. The molecule has 0 fully saturated rings. The Morgan fingerprint density at radius 3 is 2.93 bits per heavy atom. The second-order valence-electron chi connectivity index (χ2n) is 4.70. The second kappa shape index (κ2) is 3.61. The van der Waals surface area contributed by atoms with E-state index in [4.69, 9.17) is 0 Å². The zero-order valence-corrected chi connectivity index (χ0v) is 10.1. The van der Waals surface area contributed by atoms with E-state index in [0.717, 1.165) is 17.1 Å². The van der Waals surface area contributed by atoms with Crippen molar-refractivity contribution in [3.8, 4) is 0 Å². The van der Waals surface area contributed by atoms with E-state index in [-0.39, 0.29) is 12.0 Å². The van der Waals surface area contributed by atoms with Crippen molar-refractivity contribution >= 4 is 16.3 Å². The topological polar surface area (TPSA) is 37.5 Å². The van der Waals surface area contributed by atoms with Crippen molar-refractivity contribution in [2.45, 2.75) is 27.2 Å². The maximum Gasteiger partial charge on any atom is 0.194 e. The van der Waals surface area contributed by atoms with E-state index in [1.165, 1.54) is 5.69 Å². The van der Waals surface area contributed by atoms with Gasteiger partial charge in [-0.05, 0) is 18.8 Å². The lowest BCUT2D eigenvalue weighted by molar-refractivity contribution is 0.158. The Morgan fingerprint density at radius 2 is 2.27 bits per heavy atom. The average molecular weight is 224 g/mol. The molecule has 0 atom stereocenters. The number of aryl methyl sites for hydroxylation is 1. The molecule has 2 aromatic rings. The predicted molar refractivity (Wildman–Crippen MR) is 62.4 cm³/mol. The summed E-state index contributed by atoms with van der Waals surface area (Å²) in [5.41, 5.74) is 2.21. The average Bonchev–Trinajstić information content (AvgIpc) is 2.71. The molecule has 0 aliphatic rings. The van der Waals surface area contributed by atoms with E-state index in [9.17, 15) is 5.11 Å². The highest BCUT2D eigenvalue weighted by atomic mass is 32.1. The fraction of sp³-hybridized carbons (Fsp3) is 0.545. The summed E-state index contributed by atoms with van der Waals surface area (Å²) in [6.45, 7) is 6.36. The van der Waals surface area contributed by atoms with E-state index >= 15 is 0 Å². The van der Waals surface area contributed by atoms with Gasteiger partial charge in [-0.2, -0.15) is 0 Å². The fourth-order valence-corrected chi connectivity index (χ4v) is 2.44. The van der Waals surface area contributed by atoms with Gasteiger partial charge >= 0.3 is 0 Å². The summed E-state index contributed by atoms with van der Waals surface area (Å²) >= 11 is 1.65. The van der Waals surface area contributed by atoms with Crippen LogP contribution in [0.4, 0.5) is 0 Å². The number of aromatic nitrogens is 2. The van der Waals surface area contributed by atoms with Crippen molar-refractivity contribution in [2.24, 2.45) is 5.41 Å². The lowest BCUT2D eigenvalue weighted by atomic mass is 9.88. The molecule has 3 nitrogen and oxygen atoms in total. The zero-order valence-electron chi connectivity index (χ0n) is 9.32. The highest BCUT2D eigenvalue weighted by Gasteiger charge is 2.21. The van der Waals surface area contributed by atoms with E-state index in [0.29, 0.717) is 0 Å². The molecular weight excluding hydrogens is 208 g/mol. The highest BCUT2D eigenvalue weighted by Crippen LogP contribution is 2.25. The molecule has 0 bridgehead atoms. The third-order valence-corrected chi connectivity index (χ3v) is 3.39. The van der Waals surface area contributed by atoms with Crippen LogP contribution < -0.4 is 0 Å². The summed E-state index contributed by atoms with van der Waals surface area (Å²) in [4.78, 5) is 5.53. The third kappa shape index (κ3) is 1.92. The van der Waals surface area contributed by atoms with Gasteiger partial charge in [0.05, 0.1) is 5.69 Å². The molecule has 15 heavy (non-hydrogen) atoms. The molecule has 0 aliphatic heterocycles. The van der Waals surface area contributed by atoms with Crippen LogP contribution in [0.5, 0.6) is 0 Å². The Morgan fingerprint density at radius 1 is 1.53 bits per heavy atom. The van der Waals surface area contributed by atoms with Gasteiger partial charge in [-0.1, -0.05) is 13.8 Å². The molecule has 2 rings (SSSR count). The number of thiazole rings is 1. The highest BCUT2D eigenvalue weighted by molar-refractivity contribution is 7.15. The van der Waals surface area contributed by atoms with Crippen molar-refractivity contribution in [2.75, 3.05) is 6.61 Å². The number of fused-ring (bicyclic) bond motifs is 1. The Kier molecular flexibility index (Phi) is 2.56. The Hall–Kier alpha value is -0.870. The lowest BCUT2D eigenvalue weighted by Gasteiger charge is -2.21. The van der Waals surface area contributed by atoms with Gasteiger partial charge in [-0.15, -0.1) is 11.3 Å². The van der Waals surface area contributed by atoms with Crippen molar-refractivity contribution in [1.29, 1.82) is 0 Å². The van der Waals surface area contributed by atoms with Crippen LogP contribution in [0.1, 0.15) is 25.2 Å². The lowest BCUT2D eigenvalue weighted by Crippen LogP contribution is -2.21. The molecule has 0 aromatic carbocycles. The van der Waals surface area contributed by atoms with E-state index in [2.05, 4.69) is 23.2 Å². The molecule has 0 saturated heterocycles. The van der Waals surface area contributed by atoms with Gasteiger partial charge in [0.2, 0.25) is 0 Å². The van der Waals surface area contributed by atoms with E-state index in [1.807, 2.05) is 18.5 Å². The van der Waals surface area contributed by atoms with Crippen LogP contribution in [0.2, 0.25) is 0 Å². The van der Waals surface area contributed by atoms with E-state index < -0.39 is 0 Å². The molecule has 2 aromatic heterocycles. The van der Waals surface area contributed by atoms with Crippen LogP contribution in [-0.4, -0.2) is 21.1 Å². The molecule has 82 valence electrons. The van der Waals surface area contributed by atoms with E-state index in [1.54, 1.807) is 11.3 Å². The maximum absolute atomic E-state index is 9.28. The molecular formula is C11H16N2OS. The van der Waals surface area contributed by atoms with Crippen LogP contribution >= 0.6 is 11.3 Å². The summed E-state index contributed by atoms with van der Waals surface area (Å²) in [5, 5.41) is 11.3. The van der Waals surface area contributed by atoms with Gasteiger partial charge in [-0.25, -0.2) is 4.98 Å². The number of hydrogen-bond donors (Lipinski definition) is 1. The summed E-state index contributed by atoms with van der Waals surface area (Å²) < 4.78 is 2.12. The number of aliphatic hydroxyl groups is 1. The maximum atomic E-state index is 9.28. The molecule has 0 spiro atoms. The number of imidazole rings is 1. The van der Waals surface area contributed by atoms with Gasteiger partial charge in [-0.3, -0.25) is 4.40 Å². The minimum atomic E-state index is -0.0807. The van der Waals surface area contributed by atoms with Crippen LogP contribution in [0, 0.1) is 12.3 Å². The minimum Gasteiger partial charge on any atom is -0.396 e. The molecule has 4 heteroatoms. The monoisotopic (exact) mass is 224 g/mol. The third-order valence-electron chi connectivity index (χ3n) is 2.64. The molecule has 0 saturated carbocycles. The fourth-order valence-electron chi connectivity index (χ4n) is 1.66. The standard InChI is InChI=1S/C11H16N2OS/c1-8-9(6-11(2,3)7-14)13-4-5-15-10(13)12-8/h4-5,14H,6-7H2,1-3H3. The summed E-state index contributed by atoms with van der Waals surface area (Å²) in [6.07, 6.45) is 2.90. The normalized spacial score (nSPS) is 12.5. The van der Waals surface area contributed by atoms with Crippen LogP contribution in [0.3, 0.4) is 0 Å². The van der Waals surface area contributed by atoms with Crippen molar-refractivity contribution in [3.05, 3.63) is 23.0 Å². The predicted octanol–water partition coefficient (Wildman–Crippen LogP) is 2.27. The number of hydrogen-bond acceptors (Lipinski definition) is 3. The molecule has 0 unspecified atom stereocenters. The first kappa shape index (κ1) is 10.6. The zero-order chi connectivity index (χ0) is 11.1. The largest absolute Gasteiger partial charge is 0.396 e. The van der Waals surface area contributed by atoms with Gasteiger partial charge < -0.3 is 5.11 Å². The molecule has 0 radical (unpaired) electrons. The molecule has 2 heterocycles.